The van der Waals surface area contributed by atoms with E-state index < -0.39 is 18.4 Å². The van der Waals surface area contributed by atoms with Crippen LogP contribution in [0.1, 0.15) is 6.42 Å². The summed E-state index contributed by atoms with van der Waals surface area (Å²) in [4.78, 5) is 18.9. The molecule has 5 nitrogen and oxygen atoms in total. The van der Waals surface area contributed by atoms with Crippen molar-refractivity contribution in [1.29, 1.82) is 0 Å². The third kappa shape index (κ3) is 6.80. The molecule has 0 saturated heterocycles. The second kappa shape index (κ2) is 8.31. The molecule has 0 bridgehead atoms. The Bertz CT molecular complexity index is 491. The number of carboxylic acid groups (broad SMARTS) is 2. The molecule has 2 aromatic carbocycles. The highest BCUT2D eigenvalue weighted by atomic mass is 16.4. The van der Waals surface area contributed by atoms with Gasteiger partial charge in [-0.25, -0.2) is 0 Å². The molecule has 0 radical (unpaired) electrons. The van der Waals surface area contributed by atoms with Crippen molar-refractivity contribution in [3.05, 3.63) is 60.7 Å². The van der Waals surface area contributed by atoms with E-state index in [2.05, 4.69) is 5.32 Å². The summed E-state index contributed by atoms with van der Waals surface area (Å²) in [6.07, 6.45) is -0.806. The molecule has 5 heteroatoms. The Labute approximate surface area is 116 Å². The lowest BCUT2D eigenvalue weighted by molar-refractivity contribution is -0.147. The van der Waals surface area contributed by atoms with Crippen LogP contribution in [0.5, 0.6) is 0 Å². The van der Waals surface area contributed by atoms with Gasteiger partial charge in [0.1, 0.15) is 6.42 Å². The molecule has 104 valence electrons. The summed E-state index contributed by atoms with van der Waals surface area (Å²) < 4.78 is 0. The van der Waals surface area contributed by atoms with E-state index in [-0.39, 0.29) is 0 Å². The van der Waals surface area contributed by atoms with E-state index in [1.807, 2.05) is 60.7 Å². The maximum absolute atomic E-state index is 9.43. The largest absolute Gasteiger partial charge is 0.481 e. The average Bonchev–Trinajstić information content (AvgIpc) is 2.40. The van der Waals surface area contributed by atoms with Crippen LogP contribution in [0.2, 0.25) is 0 Å². The zero-order valence-corrected chi connectivity index (χ0v) is 10.7. The number of aliphatic carboxylic acids is 2. The SMILES string of the molecule is O=C(O)CC(=O)O.c1ccc(Nc2ccccc2)cc1. The Kier molecular flexibility index (Phi) is 6.33. The first kappa shape index (κ1) is 15.2. The fourth-order valence-electron chi connectivity index (χ4n) is 1.34. The fraction of sp³-hybridized carbons (Fsp3) is 0.0667. The molecule has 0 amide bonds. The first-order valence-electron chi connectivity index (χ1n) is 5.88. The van der Waals surface area contributed by atoms with Gasteiger partial charge in [-0.1, -0.05) is 36.4 Å². The zero-order valence-electron chi connectivity index (χ0n) is 10.7. The minimum absolute atomic E-state index is 0.806. The van der Waals surface area contributed by atoms with Gasteiger partial charge in [0.05, 0.1) is 0 Å². The van der Waals surface area contributed by atoms with Crippen LogP contribution in [0.15, 0.2) is 60.7 Å². The van der Waals surface area contributed by atoms with Gasteiger partial charge in [0.2, 0.25) is 0 Å². The number of rotatable bonds is 4. The van der Waals surface area contributed by atoms with Crippen LogP contribution in [-0.2, 0) is 9.59 Å². The lowest BCUT2D eigenvalue weighted by atomic mass is 10.3. The third-order valence-corrected chi connectivity index (χ3v) is 2.14. The molecule has 2 aromatic rings. The first-order chi connectivity index (χ1) is 9.58. The summed E-state index contributed by atoms with van der Waals surface area (Å²) in [6, 6.07) is 20.3. The summed E-state index contributed by atoms with van der Waals surface area (Å²) in [5.74, 6) is -2.62. The van der Waals surface area contributed by atoms with Gasteiger partial charge in [-0.2, -0.15) is 0 Å². The molecule has 0 saturated carbocycles. The minimum Gasteiger partial charge on any atom is -0.481 e. The quantitative estimate of drug-likeness (QED) is 0.745. The molecule has 0 unspecified atom stereocenters. The molecule has 0 fully saturated rings. The Balaban J connectivity index is 0.000000246. The van der Waals surface area contributed by atoms with Gasteiger partial charge >= 0.3 is 11.9 Å². The van der Waals surface area contributed by atoms with E-state index in [0.717, 1.165) is 11.4 Å². The molecule has 0 aliphatic rings. The zero-order chi connectivity index (χ0) is 14.8. The van der Waals surface area contributed by atoms with Crippen LogP contribution >= 0.6 is 0 Å². The van der Waals surface area contributed by atoms with E-state index in [1.165, 1.54) is 0 Å². The second-order valence-electron chi connectivity index (χ2n) is 3.82. The molecule has 20 heavy (non-hydrogen) atoms. The van der Waals surface area contributed by atoms with E-state index >= 15 is 0 Å². The van der Waals surface area contributed by atoms with Crippen LogP contribution in [0.25, 0.3) is 0 Å². The van der Waals surface area contributed by atoms with E-state index in [1.54, 1.807) is 0 Å². The minimum atomic E-state index is -1.31. The molecular weight excluding hydrogens is 258 g/mol. The van der Waals surface area contributed by atoms with Crippen molar-refractivity contribution < 1.29 is 19.8 Å². The molecule has 2 rings (SSSR count). The number of hydrogen-bond acceptors (Lipinski definition) is 3. The predicted molar refractivity (Wildman–Crippen MR) is 76.1 cm³/mol. The van der Waals surface area contributed by atoms with Gasteiger partial charge in [-0.15, -0.1) is 0 Å². The smallest absolute Gasteiger partial charge is 0.314 e. The Morgan fingerprint density at radius 2 is 1.10 bits per heavy atom. The number of carboxylic acids is 2. The van der Waals surface area contributed by atoms with E-state index in [9.17, 15) is 9.59 Å². The maximum atomic E-state index is 9.43. The van der Waals surface area contributed by atoms with Crippen LogP contribution in [0.4, 0.5) is 11.4 Å². The van der Waals surface area contributed by atoms with Crippen molar-refractivity contribution in [3.63, 3.8) is 0 Å². The molecule has 0 aromatic heterocycles. The number of benzene rings is 2. The van der Waals surface area contributed by atoms with Crippen molar-refractivity contribution in [2.45, 2.75) is 6.42 Å². The van der Waals surface area contributed by atoms with Crippen molar-refractivity contribution in [1.82, 2.24) is 0 Å². The topological polar surface area (TPSA) is 86.6 Å². The monoisotopic (exact) mass is 273 g/mol. The Morgan fingerprint density at radius 3 is 1.35 bits per heavy atom. The molecule has 3 N–H and O–H groups in total. The van der Waals surface area contributed by atoms with Crippen molar-refractivity contribution in [2.75, 3.05) is 5.32 Å². The summed E-state index contributed by atoms with van der Waals surface area (Å²) in [5, 5.41) is 18.7. The number of para-hydroxylation sites is 2. The summed E-state index contributed by atoms with van der Waals surface area (Å²) in [5.41, 5.74) is 2.24. The van der Waals surface area contributed by atoms with Gasteiger partial charge in [-0.05, 0) is 24.3 Å². The van der Waals surface area contributed by atoms with Crippen molar-refractivity contribution in [2.24, 2.45) is 0 Å². The lowest BCUT2D eigenvalue weighted by Crippen LogP contribution is -2.03. The highest BCUT2D eigenvalue weighted by Gasteiger charge is 2.01. The average molecular weight is 273 g/mol. The normalized spacial score (nSPS) is 9.00. The first-order valence-corrected chi connectivity index (χ1v) is 5.88. The van der Waals surface area contributed by atoms with Crippen molar-refractivity contribution in [3.8, 4) is 0 Å². The van der Waals surface area contributed by atoms with Crippen LogP contribution in [0, 0.1) is 0 Å². The number of nitrogens with one attached hydrogen (secondary N) is 1. The molecule has 0 spiro atoms. The molecule has 0 aliphatic carbocycles. The Hall–Kier alpha value is -2.82. The standard InChI is InChI=1S/C12H11N.C3H4O4/c1-3-7-11(8-4-1)13-12-9-5-2-6-10-12;4-2(5)1-3(6)7/h1-10,13H;1H2,(H,4,5)(H,6,7). The highest BCUT2D eigenvalue weighted by molar-refractivity contribution is 5.88. The summed E-state index contributed by atoms with van der Waals surface area (Å²) >= 11 is 0. The van der Waals surface area contributed by atoms with Crippen molar-refractivity contribution >= 4 is 23.3 Å². The van der Waals surface area contributed by atoms with E-state index in [4.69, 9.17) is 10.2 Å². The highest BCUT2D eigenvalue weighted by Crippen LogP contribution is 2.14. The van der Waals surface area contributed by atoms with Gasteiger partial charge < -0.3 is 15.5 Å². The van der Waals surface area contributed by atoms with Gasteiger partial charge in [0.25, 0.3) is 0 Å². The molecule has 0 aliphatic heterocycles. The van der Waals surface area contributed by atoms with Crippen LogP contribution in [-0.4, -0.2) is 22.2 Å². The predicted octanol–water partition coefficient (Wildman–Crippen LogP) is 2.98. The molecule has 0 atom stereocenters. The maximum Gasteiger partial charge on any atom is 0.314 e. The van der Waals surface area contributed by atoms with Gasteiger partial charge in [0, 0.05) is 11.4 Å². The van der Waals surface area contributed by atoms with Gasteiger partial charge in [0.15, 0.2) is 0 Å². The number of carbonyl (C=O) groups is 2. The molecular formula is C15H15NO4. The van der Waals surface area contributed by atoms with Crippen LogP contribution < -0.4 is 5.32 Å². The fourth-order valence-corrected chi connectivity index (χ4v) is 1.34. The summed E-state index contributed by atoms with van der Waals surface area (Å²) in [6.45, 7) is 0. The van der Waals surface area contributed by atoms with Crippen LogP contribution in [0.3, 0.4) is 0 Å². The van der Waals surface area contributed by atoms with Gasteiger partial charge in [-0.3, -0.25) is 9.59 Å². The van der Waals surface area contributed by atoms with E-state index in [0.29, 0.717) is 0 Å². The Morgan fingerprint density at radius 1 is 0.750 bits per heavy atom. The third-order valence-electron chi connectivity index (χ3n) is 2.14. The lowest BCUT2D eigenvalue weighted by Gasteiger charge is -2.04. The second-order valence-corrected chi connectivity index (χ2v) is 3.82. The summed E-state index contributed by atoms with van der Waals surface area (Å²) in [7, 11) is 0. The number of anilines is 2. The number of hydrogen-bond donors (Lipinski definition) is 3. The molecule has 0 heterocycles.